The van der Waals surface area contributed by atoms with Crippen LogP contribution in [0.15, 0.2) is 282 Å². The van der Waals surface area contributed by atoms with Crippen molar-refractivity contribution in [3.63, 3.8) is 0 Å². The van der Waals surface area contributed by atoms with Crippen molar-refractivity contribution in [1.29, 1.82) is 0 Å². The number of ether oxygens (including phenoxy) is 2. The van der Waals surface area contributed by atoms with E-state index in [4.69, 9.17) is 13.9 Å². The number of hydrogen-bond acceptors (Lipinski definition) is 23. The van der Waals surface area contributed by atoms with E-state index in [0.29, 0.717) is 56.0 Å². The van der Waals surface area contributed by atoms with Gasteiger partial charge in [0.1, 0.15) is 45.7 Å². The Kier molecular flexibility index (Phi) is 45.5. The molecular weight excluding hydrogens is 1680 g/mol. The van der Waals surface area contributed by atoms with Crippen molar-refractivity contribution in [1.82, 2.24) is 20.6 Å². The highest BCUT2D eigenvalue weighted by atomic mass is 32.2. The minimum Gasteiger partial charge on any atom is -0.488 e. The van der Waals surface area contributed by atoms with Crippen LogP contribution >= 0.6 is 11.3 Å². The summed E-state index contributed by atoms with van der Waals surface area (Å²) in [5.74, 6) is 2.34. The maximum absolute atomic E-state index is 11.6. The second-order valence-corrected chi connectivity index (χ2v) is 40.3. The molecule has 4 aromatic heterocycles. The van der Waals surface area contributed by atoms with E-state index in [1.807, 2.05) is 104 Å². The molecule has 0 aliphatic carbocycles. The molecule has 0 bridgehead atoms. The molecule has 0 aliphatic heterocycles. The van der Waals surface area contributed by atoms with Crippen molar-refractivity contribution in [3.8, 4) is 17.2 Å². The number of rotatable bonds is 19. The number of fused-ring (bicyclic) bond motifs is 4. The fourth-order valence-electron chi connectivity index (χ4n) is 10.2. The third kappa shape index (κ3) is 40.3. The summed E-state index contributed by atoms with van der Waals surface area (Å²) < 4.78 is 151. The number of amides is 2. The summed E-state index contributed by atoms with van der Waals surface area (Å²) in [7, 11) is -18.8. The molecule has 2 N–H and O–H groups in total. The van der Waals surface area contributed by atoms with Crippen molar-refractivity contribution < 1.29 is 88.4 Å². The van der Waals surface area contributed by atoms with E-state index >= 15 is 0 Å². The Morgan fingerprint density at radius 2 is 0.950 bits per heavy atom. The quantitative estimate of drug-likeness (QED) is 0.0710. The highest BCUT2D eigenvalue weighted by Gasteiger charge is 2.18. The SMILES string of the molecule is C.C.C.CC(=O)C[C@H](CC(C)C)NC(C)=O.CC(=O)N[C@@H](C)C(C)=O.CC(=O)c1ccc(Oc2ccccc2)cc1.CS(=O)(=O)c1ccc2oc3ccccc3c2c1.CS(=O)(=O)c1cccc2cccnc12.CS(=O)(=O)c1ccccc1OCc1ccccc1.CS(=O)(=O)c1ccccn1.Cc1ccc(S(C)(=O)=O)cc1.Cc1sccc1S(C)(=O)=O. The number of nitrogens with zero attached hydrogens (tertiary/aromatic N) is 2. The zero-order valence-electron chi connectivity index (χ0n) is 68.4. The molecule has 121 heavy (non-hydrogen) atoms. The molecule has 24 nitrogen and oxygen atoms in total. The van der Waals surface area contributed by atoms with Gasteiger partial charge in [0.25, 0.3) is 0 Å². The largest absolute Gasteiger partial charge is 0.488 e. The number of thiophene rings is 1. The minimum absolute atomic E-state index is 0. The lowest BCUT2D eigenvalue weighted by Crippen LogP contribution is -2.35. The molecule has 2 amide bonds. The summed E-state index contributed by atoms with van der Waals surface area (Å²) in [5.41, 5.74) is 4.78. The number of para-hydroxylation sites is 4. The van der Waals surface area contributed by atoms with Crippen LogP contribution in [0.25, 0.3) is 32.8 Å². The molecule has 0 unspecified atom stereocenters. The number of sulfone groups is 6. The Labute approximate surface area is 719 Å². The molecule has 12 aromatic rings. The topological polar surface area (TPSA) is 372 Å². The minimum atomic E-state index is -3.26. The molecule has 8 aromatic carbocycles. The van der Waals surface area contributed by atoms with Crippen LogP contribution in [0.2, 0.25) is 0 Å². The van der Waals surface area contributed by atoms with Crippen LogP contribution in [-0.2, 0) is 84.8 Å². The highest BCUT2D eigenvalue weighted by Crippen LogP contribution is 2.31. The molecule has 4 heterocycles. The molecule has 2 atom stereocenters. The molecule has 12 rings (SSSR count). The zero-order valence-corrected chi connectivity index (χ0v) is 74.2. The van der Waals surface area contributed by atoms with Crippen molar-refractivity contribution in [2.45, 2.75) is 153 Å². The van der Waals surface area contributed by atoms with Crippen LogP contribution < -0.4 is 20.1 Å². The summed E-state index contributed by atoms with van der Waals surface area (Å²) in [4.78, 5) is 63.7. The smallest absolute Gasteiger partial charge is 0.217 e. The molecule has 0 fully saturated rings. The van der Waals surface area contributed by atoms with Crippen LogP contribution in [0, 0.1) is 19.8 Å². The third-order valence-corrected chi connectivity index (χ3v) is 23.6. The first-order chi connectivity index (χ1) is 55.0. The van der Waals surface area contributed by atoms with Crippen molar-refractivity contribution in [3.05, 3.63) is 270 Å². The van der Waals surface area contributed by atoms with E-state index < -0.39 is 59.0 Å². The average molecular weight is 1790 g/mol. The lowest BCUT2D eigenvalue weighted by molar-refractivity contribution is -0.125. The number of aryl methyl sites for hydroxylation is 2. The molecule has 0 radical (unpaired) electrons. The van der Waals surface area contributed by atoms with Gasteiger partial charge in [-0.3, -0.25) is 29.0 Å². The first-order valence-electron chi connectivity index (χ1n) is 36.2. The van der Waals surface area contributed by atoms with E-state index in [9.17, 15) is 74.5 Å². The molecule has 0 aliphatic rings. The molecule has 0 saturated carbocycles. The summed E-state index contributed by atoms with van der Waals surface area (Å²) in [6.45, 7) is 17.3. The van der Waals surface area contributed by atoms with Gasteiger partial charge in [-0.15, -0.1) is 11.3 Å². The number of furan rings is 1. The maximum Gasteiger partial charge on any atom is 0.217 e. The summed E-state index contributed by atoms with van der Waals surface area (Å²) in [5, 5.41) is 9.76. The summed E-state index contributed by atoms with van der Waals surface area (Å²) in [6.07, 6.45) is 11.5. The van der Waals surface area contributed by atoms with E-state index in [-0.39, 0.29) is 78.3 Å². The van der Waals surface area contributed by atoms with Gasteiger partial charge in [0.05, 0.1) is 31.1 Å². The Morgan fingerprint density at radius 3 is 1.42 bits per heavy atom. The number of carbonyl (C=O) groups is 5. The van der Waals surface area contributed by atoms with Crippen molar-refractivity contribution >= 4 is 132 Å². The third-order valence-electron chi connectivity index (χ3n) is 15.9. The number of ketones is 3. The number of benzene rings is 8. The van der Waals surface area contributed by atoms with Gasteiger partial charge in [0, 0.05) is 103 Å². The van der Waals surface area contributed by atoms with Gasteiger partial charge >= 0.3 is 0 Å². The molecule has 0 spiro atoms. The van der Waals surface area contributed by atoms with Gasteiger partial charge < -0.3 is 24.5 Å². The first kappa shape index (κ1) is 108. The predicted molar refractivity (Wildman–Crippen MR) is 485 cm³/mol. The van der Waals surface area contributed by atoms with E-state index in [1.165, 1.54) is 75.7 Å². The summed E-state index contributed by atoms with van der Waals surface area (Å²) in [6, 6.07) is 67.1. The zero-order chi connectivity index (χ0) is 88.4. The Balaban J connectivity index is 0.000000685. The first-order valence-corrected chi connectivity index (χ1v) is 48.4. The number of carbonyl (C=O) groups excluding carboxylic acids is 5. The van der Waals surface area contributed by atoms with Crippen LogP contribution in [0.1, 0.15) is 117 Å². The van der Waals surface area contributed by atoms with Gasteiger partial charge in [-0.05, 0) is 180 Å². The highest BCUT2D eigenvalue weighted by molar-refractivity contribution is 7.92. The normalized spacial score (nSPS) is 11.3. The lowest BCUT2D eigenvalue weighted by Gasteiger charge is -2.18. The van der Waals surface area contributed by atoms with Crippen LogP contribution in [-0.4, -0.2) is 139 Å². The number of pyridine rings is 2. The number of hydrogen-bond donors (Lipinski definition) is 2. The lowest BCUT2D eigenvalue weighted by atomic mass is 9.99. The summed E-state index contributed by atoms with van der Waals surface area (Å²) >= 11 is 1.45. The second-order valence-electron chi connectivity index (χ2n) is 27.2. The predicted octanol–water partition coefficient (Wildman–Crippen LogP) is 17.8. The molecule has 31 heteroatoms. The van der Waals surface area contributed by atoms with Crippen LogP contribution in [0.3, 0.4) is 0 Å². The van der Waals surface area contributed by atoms with Gasteiger partial charge in [-0.1, -0.05) is 157 Å². The Morgan fingerprint density at radius 1 is 0.455 bits per heavy atom. The fraction of sp³-hybridized carbons (Fsp3) is 0.278. The fourth-order valence-corrected chi connectivity index (χ4v) is 15.9. The Hall–Kier alpha value is -10.9. The molecule has 0 saturated heterocycles. The van der Waals surface area contributed by atoms with Crippen molar-refractivity contribution in [2.75, 3.05) is 37.5 Å². The van der Waals surface area contributed by atoms with Gasteiger partial charge in [0.2, 0.25) is 11.8 Å². The van der Waals surface area contributed by atoms with Gasteiger partial charge in [-0.25, -0.2) is 55.5 Å². The monoisotopic (exact) mass is 1790 g/mol. The number of Topliss-reactive ketones (excluding diaryl/α,β-unsaturated/α-hetero) is 3. The second kappa shape index (κ2) is 51.0. The maximum atomic E-state index is 11.6. The average Bonchev–Trinajstić information content (AvgIpc) is 1.40. The number of aromatic nitrogens is 2. The van der Waals surface area contributed by atoms with E-state index in [1.54, 1.807) is 167 Å². The molecule has 654 valence electrons. The Bertz CT molecular complexity index is 6010. The van der Waals surface area contributed by atoms with Gasteiger partial charge in [0.15, 0.2) is 75.6 Å². The van der Waals surface area contributed by atoms with Gasteiger partial charge in [-0.2, -0.15) is 0 Å². The van der Waals surface area contributed by atoms with Crippen LogP contribution in [0.4, 0.5) is 0 Å². The van der Waals surface area contributed by atoms with E-state index in [2.05, 4.69) is 34.4 Å². The van der Waals surface area contributed by atoms with Crippen molar-refractivity contribution in [2.24, 2.45) is 5.92 Å². The number of nitrogens with one attached hydrogen (secondary N) is 2. The standard InChI is InChI=1S/C14H14O3S.C14H12O2.C13H10O3S.C10H9NO2S.C10H19NO2.C8H10O2S.C6H7NO2S.C6H11NO2.C6H8O2S2.3CH4/c1-18(15,16)14-10-6-5-9-13(14)17-11-12-7-3-2-4-8-12;1-11(15)12-7-9-14(10-8-12)16-13-5-3-2-4-6-13;1-17(14,15)9-6-7-13-11(8-9)10-4-2-3-5-12(10)16-13;1-14(12,13)9-6-2-4-8-5-3-7-11-10(8)9;1-7(2)5-10(6-8(3)12)11-9(4)13;1-7-3-5-8(6-4-7)11(2,9)10;1-10(8,9)6-4-2-3-5-7-6;1-4(5(2)8)7-6(3)9;1-5-6(3-4-9-5)10(2,7)8;;;/h2-10H,11H2,1H3;2-10H,1H3;2-8H,1H3;2-7H,1H3;7,10H,5-6H2,1-4H3,(H,11,13);3-6H,1-2H3;2-5H,1H3;4H,1-3H3,(H,7,9);3-4H,1-2H3;3*1H4/t;;;;10-;;;4-;;;;/m....0..0..../s1. The van der Waals surface area contributed by atoms with Crippen LogP contribution in [0.5, 0.6) is 17.2 Å². The molecular formula is C90H112N4O20S7. The van der Waals surface area contributed by atoms with E-state index in [0.717, 1.165) is 61.9 Å².